The van der Waals surface area contributed by atoms with Gasteiger partial charge in [-0.1, -0.05) is 29.7 Å². The molecule has 8 heteroatoms. The van der Waals surface area contributed by atoms with Crippen molar-refractivity contribution in [2.24, 2.45) is 0 Å². The number of nitrogens with zero attached hydrogens (tertiary/aromatic N) is 2. The molecule has 4 rings (SSSR count). The van der Waals surface area contributed by atoms with E-state index in [1.807, 2.05) is 30.5 Å². The third kappa shape index (κ3) is 7.03. The molecule has 38 heavy (non-hydrogen) atoms. The lowest BCUT2D eigenvalue weighted by atomic mass is 10.0. The molecule has 1 heterocycles. The van der Waals surface area contributed by atoms with E-state index in [0.29, 0.717) is 47.7 Å². The quantitative estimate of drug-likeness (QED) is 0.247. The first-order valence-corrected chi connectivity index (χ1v) is 13.0. The summed E-state index contributed by atoms with van der Waals surface area (Å²) in [5, 5.41) is 9.77. The number of benzene rings is 2. The summed E-state index contributed by atoms with van der Waals surface area (Å²) >= 11 is 5.98. The van der Waals surface area contributed by atoms with Gasteiger partial charge in [-0.3, -0.25) is 4.79 Å². The minimum Gasteiger partial charge on any atom is -0.492 e. The molecular formula is C30H31ClN2O5. The topological polar surface area (TPSA) is 90.7 Å². The Balaban J connectivity index is 1.60. The van der Waals surface area contributed by atoms with Crippen LogP contribution in [0.3, 0.4) is 0 Å². The number of aromatic nitrogens is 2. The molecule has 0 unspecified atom stereocenters. The van der Waals surface area contributed by atoms with Crippen LogP contribution in [0.2, 0.25) is 5.02 Å². The van der Waals surface area contributed by atoms with E-state index < -0.39 is 11.6 Å². The number of rotatable bonds is 11. The molecule has 1 aliphatic rings. The number of halogens is 1. The molecule has 1 fully saturated rings. The number of Topliss-reactive ketones (excluding diaryl/α,β-unsaturated/α-hetero) is 1. The van der Waals surface area contributed by atoms with Crippen molar-refractivity contribution >= 4 is 23.4 Å². The van der Waals surface area contributed by atoms with Crippen molar-refractivity contribution in [2.75, 3.05) is 13.7 Å². The number of ketones is 1. The summed E-state index contributed by atoms with van der Waals surface area (Å²) in [7, 11) is 1.60. The van der Waals surface area contributed by atoms with Gasteiger partial charge in [0.2, 0.25) is 0 Å². The summed E-state index contributed by atoms with van der Waals surface area (Å²) in [5.74, 6) is 7.01. The number of hydrogen-bond donors (Lipinski definition) is 1. The maximum atomic E-state index is 13.6. The average molecular weight is 535 g/mol. The lowest BCUT2D eigenvalue weighted by Gasteiger charge is -2.14. The van der Waals surface area contributed by atoms with Crippen LogP contribution in [-0.2, 0) is 17.7 Å². The molecule has 1 N–H and O–H groups in total. The molecule has 3 aromatic rings. The Morgan fingerprint density at radius 3 is 2.42 bits per heavy atom. The van der Waals surface area contributed by atoms with Gasteiger partial charge in [0.15, 0.2) is 5.78 Å². The molecule has 198 valence electrons. The fraction of sp³-hybridized carbons (Fsp3) is 0.367. The van der Waals surface area contributed by atoms with Gasteiger partial charge in [0.05, 0.1) is 12.1 Å². The van der Waals surface area contributed by atoms with Crippen molar-refractivity contribution in [1.29, 1.82) is 0 Å². The highest BCUT2D eigenvalue weighted by atomic mass is 35.5. The van der Waals surface area contributed by atoms with Gasteiger partial charge >= 0.3 is 5.97 Å². The predicted octanol–water partition coefficient (Wildman–Crippen LogP) is 5.78. The first-order valence-electron chi connectivity index (χ1n) is 12.6. The van der Waals surface area contributed by atoms with Crippen LogP contribution in [0.5, 0.6) is 5.75 Å². The molecule has 0 atom stereocenters. The van der Waals surface area contributed by atoms with Crippen molar-refractivity contribution in [3.05, 3.63) is 81.9 Å². The molecule has 0 radical (unpaired) electrons. The SMILES string of the molecule is COC(C)(C)C#Cc1nc(C2CC2)n(CCOc2ccc(Cl)cc2)c1C(=O)CCc1ccc(C(=O)O)cc1. The summed E-state index contributed by atoms with van der Waals surface area (Å²) in [5.41, 5.74) is 1.35. The second-order valence-electron chi connectivity index (χ2n) is 9.79. The van der Waals surface area contributed by atoms with E-state index in [4.69, 9.17) is 31.2 Å². The second kappa shape index (κ2) is 11.8. The molecule has 0 saturated heterocycles. The number of methoxy groups -OCH3 is 1. The number of carboxylic acid groups (broad SMARTS) is 1. The van der Waals surface area contributed by atoms with E-state index in [1.54, 1.807) is 43.5 Å². The number of ether oxygens (including phenoxy) is 2. The molecule has 7 nitrogen and oxygen atoms in total. The number of aromatic carboxylic acids is 1. The number of imidazole rings is 1. The zero-order chi connectivity index (χ0) is 27.3. The minimum absolute atomic E-state index is 0.0715. The average Bonchev–Trinajstić information content (AvgIpc) is 3.69. The van der Waals surface area contributed by atoms with Crippen molar-refractivity contribution in [3.63, 3.8) is 0 Å². The van der Waals surface area contributed by atoms with Gasteiger partial charge in [-0.2, -0.15) is 0 Å². The van der Waals surface area contributed by atoms with Gasteiger partial charge in [-0.05, 0) is 81.0 Å². The van der Waals surface area contributed by atoms with Crippen LogP contribution in [0.1, 0.15) is 77.0 Å². The molecule has 2 aromatic carbocycles. The highest BCUT2D eigenvalue weighted by molar-refractivity contribution is 6.30. The summed E-state index contributed by atoms with van der Waals surface area (Å²) in [4.78, 5) is 29.6. The fourth-order valence-electron chi connectivity index (χ4n) is 3.96. The van der Waals surface area contributed by atoms with E-state index in [-0.39, 0.29) is 17.8 Å². The van der Waals surface area contributed by atoms with Crippen molar-refractivity contribution < 1.29 is 24.2 Å². The Hall–Kier alpha value is -3.60. The Bertz CT molecular complexity index is 1360. The number of carboxylic acids is 1. The summed E-state index contributed by atoms with van der Waals surface area (Å²) < 4.78 is 13.3. The molecule has 0 aliphatic heterocycles. The van der Waals surface area contributed by atoms with Crippen LogP contribution in [0.15, 0.2) is 48.5 Å². The van der Waals surface area contributed by atoms with Gasteiger partial charge in [-0.25, -0.2) is 9.78 Å². The zero-order valence-corrected chi connectivity index (χ0v) is 22.5. The Labute approximate surface area is 227 Å². The third-order valence-electron chi connectivity index (χ3n) is 6.43. The molecule has 1 aromatic heterocycles. The first-order chi connectivity index (χ1) is 18.2. The van der Waals surface area contributed by atoms with Crippen LogP contribution in [-0.4, -0.2) is 45.7 Å². The summed E-state index contributed by atoms with van der Waals surface area (Å²) in [6.45, 7) is 4.53. The number of aryl methyl sites for hydroxylation is 1. The Kier molecular flexibility index (Phi) is 8.55. The predicted molar refractivity (Wildman–Crippen MR) is 145 cm³/mol. The van der Waals surface area contributed by atoms with E-state index in [2.05, 4.69) is 11.8 Å². The van der Waals surface area contributed by atoms with Crippen LogP contribution in [0.4, 0.5) is 0 Å². The lowest BCUT2D eigenvalue weighted by molar-refractivity contribution is 0.0696. The number of hydrogen-bond acceptors (Lipinski definition) is 5. The van der Waals surface area contributed by atoms with Crippen LogP contribution < -0.4 is 4.74 Å². The van der Waals surface area contributed by atoms with Gasteiger partial charge in [-0.15, -0.1) is 0 Å². The standard InChI is InChI=1S/C30H31ClN2O5/c1-30(2,37-3)17-16-25-27(26(34)15-6-20-4-7-22(8-5-20)29(35)36)33(28(32-25)21-9-10-21)18-19-38-24-13-11-23(31)12-14-24/h4-5,7-8,11-14,21H,6,9-10,15,18-19H2,1-3H3,(H,35,36). The largest absolute Gasteiger partial charge is 0.492 e. The Morgan fingerprint density at radius 2 is 1.82 bits per heavy atom. The van der Waals surface area contributed by atoms with Crippen LogP contribution in [0, 0.1) is 11.8 Å². The van der Waals surface area contributed by atoms with E-state index >= 15 is 0 Å². The number of carbonyl (C=O) groups is 2. The molecule has 1 aliphatic carbocycles. The summed E-state index contributed by atoms with van der Waals surface area (Å²) in [6, 6.07) is 13.7. The van der Waals surface area contributed by atoms with E-state index in [9.17, 15) is 9.59 Å². The van der Waals surface area contributed by atoms with Crippen molar-refractivity contribution in [1.82, 2.24) is 9.55 Å². The fourth-order valence-corrected chi connectivity index (χ4v) is 4.08. The highest BCUT2D eigenvalue weighted by Crippen LogP contribution is 2.40. The first kappa shape index (κ1) is 27.4. The van der Waals surface area contributed by atoms with E-state index in [1.165, 1.54) is 0 Å². The monoisotopic (exact) mass is 534 g/mol. The zero-order valence-electron chi connectivity index (χ0n) is 21.8. The normalized spacial score (nSPS) is 13.1. The minimum atomic E-state index is -0.979. The molecule has 0 spiro atoms. The number of carbonyl (C=O) groups excluding carboxylic acids is 1. The van der Waals surface area contributed by atoms with Gasteiger partial charge in [0.25, 0.3) is 0 Å². The summed E-state index contributed by atoms with van der Waals surface area (Å²) in [6.07, 6.45) is 2.76. The lowest BCUT2D eigenvalue weighted by Crippen LogP contribution is -2.19. The maximum Gasteiger partial charge on any atom is 0.335 e. The van der Waals surface area contributed by atoms with Gasteiger partial charge in [0.1, 0.15) is 35.2 Å². The molecule has 0 bridgehead atoms. The highest BCUT2D eigenvalue weighted by Gasteiger charge is 2.33. The smallest absolute Gasteiger partial charge is 0.335 e. The Morgan fingerprint density at radius 1 is 1.13 bits per heavy atom. The van der Waals surface area contributed by atoms with Crippen LogP contribution in [0.25, 0.3) is 0 Å². The van der Waals surface area contributed by atoms with Crippen LogP contribution >= 0.6 is 11.6 Å². The van der Waals surface area contributed by atoms with Gasteiger partial charge in [0, 0.05) is 24.5 Å². The second-order valence-corrected chi connectivity index (χ2v) is 10.2. The maximum absolute atomic E-state index is 13.6. The molecule has 0 amide bonds. The van der Waals surface area contributed by atoms with E-state index in [0.717, 1.165) is 24.2 Å². The molecular weight excluding hydrogens is 504 g/mol. The van der Waals surface area contributed by atoms with Crippen molar-refractivity contribution in [3.8, 4) is 17.6 Å². The molecule has 1 saturated carbocycles. The van der Waals surface area contributed by atoms with Crippen molar-refractivity contribution in [2.45, 2.75) is 57.6 Å². The third-order valence-corrected chi connectivity index (χ3v) is 6.69. The van der Waals surface area contributed by atoms with Gasteiger partial charge < -0.3 is 19.1 Å².